The molecule has 3 N–H and O–H groups in total. The lowest BCUT2D eigenvalue weighted by Gasteiger charge is -2.08. The van der Waals surface area contributed by atoms with Crippen LogP contribution in [0.5, 0.6) is 0 Å². The van der Waals surface area contributed by atoms with Crippen LogP contribution in [0.3, 0.4) is 0 Å². The maximum absolute atomic E-state index is 7.06. The second kappa shape index (κ2) is 2.62. The Morgan fingerprint density at radius 3 is 2.67 bits per heavy atom. The molecule has 0 spiro atoms. The van der Waals surface area contributed by atoms with E-state index in [1.54, 1.807) is 4.58 Å². The third kappa shape index (κ3) is 1.52. The molecule has 0 aliphatic carbocycles. The highest BCUT2D eigenvalue weighted by atomic mass is 15.1. The molecule has 3 nitrogen and oxygen atoms in total. The van der Waals surface area contributed by atoms with E-state index in [2.05, 4.69) is 0 Å². The second-order valence-electron chi connectivity index (χ2n) is 2.26. The van der Waals surface area contributed by atoms with E-state index in [4.69, 9.17) is 11.1 Å². The van der Waals surface area contributed by atoms with Gasteiger partial charge in [0, 0.05) is 6.21 Å². The van der Waals surface area contributed by atoms with Gasteiger partial charge < -0.3 is 0 Å². The lowest BCUT2D eigenvalue weighted by molar-refractivity contribution is -0.413. The third-order valence-corrected chi connectivity index (χ3v) is 1.51. The van der Waals surface area contributed by atoms with Crippen molar-refractivity contribution in [3.8, 4) is 0 Å². The van der Waals surface area contributed by atoms with Gasteiger partial charge in [-0.15, -0.1) is 5.41 Å². The van der Waals surface area contributed by atoms with Crippen LogP contribution in [0.25, 0.3) is 0 Å². The van der Waals surface area contributed by atoms with Crippen molar-refractivity contribution >= 4 is 12.2 Å². The lowest BCUT2D eigenvalue weighted by atomic mass is 10.2. The van der Waals surface area contributed by atoms with E-state index in [1.165, 1.54) is 6.42 Å². The molecule has 0 aromatic rings. The third-order valence-electron chi connectivity index (χ3n) is 1.51. The molecule has 1 rings (SSSR count). The number of hydrogen-bond donors (Lipinski definition) is 2. The van der Waals surface area contributed by atoms with E-state index < -0.39 is 0 Å². The van der Waals surface area contributed by atoms with Crippen LogP contribution in [0, 0.1) is 5.41 Å². The summed E-state index contributed by atoms with van der Waals surface area (Å²) in [4.78, 5) is 0. The number of nitrogens with two attached hydrogens (primary N) is 1. The van der Waals surface area contributed by atoms with Crippen LogP contribution < -0.4 is 5.73 Å². The fourth-order valence-corrected chi connectivity index (χ4v) is 0.984. The topological polar surface area (TPSA) is 52.9 Å². The van der Waals surface area contributed by atoms with E-state index in [0.717, 1.165) is 19.4 Å². The quantitative estimate of drug-likeness (QED) is 0.271. The Balaban J connectivity index is 2.57. The summed E-state index contributed by atoms with van der Waals surface area (Å²) in [7, 11) is 0. The zero-order valence-corrected chi connectivity index (χ0v) is 5.43. The molecule has 0 aromatic heterocycles. The monoisotopic (exact) mass is 126 g/mol. The number of nitrogens with zero attached hydrogens (tertiary/aromatic N) is 1. The molecule has 0 saturated carbocycles. The summed E-state index contributed by atoms with van der Waals surface area (Å²) in [6.45, 7) is 0.926. The maximum Gasteiger partial charge on any atom is 0.381 e. The van der Waals surface area contributed by atoms with E-state index in [0.29, 0.717) is 0 Å². The summed E-state index contributed by atoms with van der Waals surface area (Å²) in [5, 5.41) is 7.06. The number of nitrogens with one attached hydrogen (secondary N) is 1. The van der Waals surface area contributed by atoms with Crippen LogP contribution in [0.2, 0.25) is 0 Å². The van der Waals surface area contributed by atoms with Crippen molar-refractivity contribution in [2.75, 3.05) is 6.54 Å². The molecule has 0 radical (unpaired) electrons. The van der Waals surface area contributed by atoms with Crippen LogP contribution >= 0.6 is 0 Å². The maximum atomic E-state index is 7.06. The van der Waals surface area contributed by atoms with Crippen molar-refractivity contribution < 1.29 is 4.58 Å². The van der Waals surface area contributed by atoms with Gasteiger partial charge in [0.05, 0.1) is 6.54 Å². The van der Waals surface area contributed by atoms with Gasteiger partial charge in [0.2, 0.25) is 0 Å². The predicted octanol–water partition coefficient (Wildman–Crippen LogP) is 0.147. The molecule has 3 heteroatoms. The van der Waals surface area contributed by atoms with Crippen molar-refractivity contribution in [2.24, 2.45) is 5.73 Å². The summed E-state index contributed by atoms with van der Waals surface area (Å²) in [6.07, 6.45) is 5.46. The largest absolute Gasteiger partial charge is 0.381 e. The van der Waals surface area contributed by atoms with Gasteiger partial charge in [0.15, 0.2) is 0 Å². The van der Waals surface area contributed by atoms with Gasteiger partial charge >= 0.3 is 5.96 Å². The Labute approximate surface area is 54.7 Å². The predicted molar refractivity (Wildman–Crippen MR) is 37.0 cm³/mol. The van der Waals surface area contributed by atoms with Crippen LogP contribution in [0.1, 0.15) is 19.3 Å². The summed E-state index contributed by atoms with van der Waals surface area (Å²) >= 11 is 0. The Hall–Kier alpha value is -0.860. The lowest BCUT2D eigenvalue weighted by Crippen LogP contribution is -2.31. The fourth-order valence-electron chi connectivity index (χ4n) is 0.984. The molecule has 50 valence electrons. The molecule has 9 heavy (non-hydrogen) atoms. The standard InChI is InChI=1S/C6H12N3/c7-6(8)9-4-2-1-3-5-9/h4H,1-3,5H2,(H3,7,8)/q+1. The minimum Gasteiger partial charge on any atom is -0.288 e. The molecule has 0 aromatic carbocycles. The van der Waals surface area contributed by atoms with Gasteiger partial charge in [-0.05, 0) is 19.3 Å². The summed E-state index contributed by atoms with van der Waals surface area (Å²) in [6, 6.07) is 0. The van der Waals surface area contributed by atoms with Crippen molar-refractivity contribution in [1.82, 2.24) is 0 Å². The van der Waals surface area contributed by atoms with Gasteiger partial charge in [0.25, 0.3) is 0 Å². The molecule has 0 amide bonds. The van der Waals surface area contributed by atoms with Gasteiger partial charge in [0.1, 0.15) is 0 Å². The van der Waals surface area contributed by atoms with Gasteiger partial charge in [-0.1, -0.05) is 0 Å². The molecule has 1 aliphatic heterocycles. The minimum absolute atomic E-state index is 0.176. The molecule has 0 unspecified atom stereocenters. The van der Waals surface area contributed by atoms with Crippen LogP contribution in [0.15, 0.2) is 0 Å². The summed E-state index contributed by atoms with van der Waals surface area (Å²) in [5.41, 5.74) is 5.25. The normalized spacial score (nSPS) is 18.9. The Morgan fingerprint density at radius 1 is 1.56 bits per heavy atom. The number of guanidine groups is 1. The smallest absolute Gasteiger partial charge is 0.288 e. The Bertz CT molecular complexity index is 148. The first-order chi connectivity index (χ1) is 4.30. The molecular weight excluding hydrogens is 114 g/mol. The number of rotatable bonds is 0. The first-order valence-corrected chi connectivity index (χ1v) is 3.24. The molecule has 1 heterocycles. The van der Waals surface area contributed by atoms with E-state index in [-0.39, 0.29) is 5.96 Å². The highest BCUT2D eigenvalue weighted by molar-refractivity contribution is 5.71. The van der Waals surface area contributed by atoms with Crippen LogP contribution in [-0.4, -0.2) is 23.3 Å². The zero-order valence-electron chi connectivity index (χ0n) is 5.43. The molecular formula is C6H12N3+. The van der Waals surface area contributed by atoms with E-state index in [9.17, 15) is 0 Å². The molecule has 0 saturated heterocycles. The second-order valence-corrected chi connectivity index (χ2v) is 2.26. The number of hydrogen-bond acceptors (Lipinski definition) is 1. The summed E-state index contributed by atoms with van der Waals surface area (Å²) in [5.74, 6) is 0.176. The van der Waals surface area contributed by atoms with Gasteiger partial charge in [-0.25, -0.2) is 4.58 Å². The average Bonchev–Trinajstić information content (AvgIpc) is 1.90. The SMILES string of the molecule is N=C(N)[N+]1=CCCCC1. The van der Waals surface area contributed by atoms with Crippen LogP contribution in [-0.2, 0) is 0 Å². The van der Waals surface area contributed by atoms with E-state index >= 15 is 0 Å². The van der Waals surface area contributed by atoms with Crippen molar-refractivity contribution in [2.45, 2.75) is 19.3 Å². The molecule has 0 fully saturated rings. The van der Waals surface area contributed by atoms with Crippen molar-refractivity contribution in [3.63, 3.8) is 0 Å². The van der Waals surface area contributed by atoms with Gasteiger partial charge in [-0.2, -0.15) is 0 Å². The highest BCUT2D eigenvalue weighted by Crippen LogP contribution is 1.98. The highest BCUT2D eigenvalue weighted by Gasteiger charge is 2.07. The molecule has 0 bridgehead atoms. The Morgan fingerprint density at radius 2 is 2.33 bits per heavy atom. The zero-order chi connectivity index (χ0) is 6.69. The Kier molecular flexibility index (Phi) is 1.82. The molecule has 0 atom stereocenters. The van der Waals surface area contributed by atoms with Crippen molar-refractivity contribution in [1.29, 1.82) is 5.41 Å². The minimum atomic E-state index is 0.176. The molecule has 1 aliphatic rings. The van der Waals surface area contributed by atoms with Crippen molar-refractivity contribution in [3.05, 3.63) is 0 Å². The average molecular weight is 126 g/mol. The van der Waals surface area contributed by atoms with E-state index in [1.807, 2.05) is 6.21 Å². The van der Waals surface area contributed by atoms with Gasteiger partial charge in [-0.3, -0.25) is 5.73 Å². The van der Waals surface area contributed by atoms with Crippen LogP contribution in [0.4, 0.5) is 0 Å². The summed E-state index contributed by atoms with van der Waals surface area (Å²) < 4.78 is 1.80. The first kappa shape index (κ1) is 6.26. The first-order valence-electron chi connectivity index (χ1n) is 3.24. The fraction of sp³-hybridized carbons (Fsp3) is 0.667.